The Morgan fingerprint density at radius 3 is 1.10 bits per heavy atom. The van der Waals surface area contributed by atoms with E-state index >= 15 is 0 Å². The van der Waals surface area contributed by atoms with E-state index in [0.29, 0.717) is 0 Å². The Morgan fingerprint density at radius 2 is 1.10 bits per heavy atom. The van der Waals surface area contributed by atoms with E-state index in [1.807, 2.05) is 0 Å². The number of carbonyl (C=O) groups excluding carboxylic acids is 2. The third-order valence-corrected chi connectivity index (χ3v) is 0.155. The molecular weight excluding hydrogens is 173 g/mol. The maximum Gasteiger partial charge on any atom is 0.401 e. The van der Waals surface area contributed by atoms with Crippen molar-refractivity contribution in [3.8, 4) is 0 Å². The standard InChI is InChI=1S/C2F2O2.H3O3P/c3-1(5)2(4)6;1-4(2)3/h;1-3H. The Balaban J connectivity index is 0. The van der Waals surface area contributed by atoms with E-state index in [1.54, 1.807) is 0 Å². The molecule has 10 heavy (non-hydrogen) atoms. The van der Waals surface area contributed by atoms with Gasteiger partial charge in [0.2, 0.25) is 0 Å². The fourth-order valence-corrected chi connectivity index (χ4v) is 0. The predicted octanol–water partition coefficient (Wildman–Crippen LogP) is -0.831. The molecule has 5 nitrogen and oxygen atoms in total. The lowest BCUT2D eigenvalue weighted by Gasteiger charge is -1.76. The second kappa shape index (κ2) is 6.63. The zero-order valence-corrected chi connectivity index (χ0v) is 5.26. The molecule has 8 heteroatoms. The maximum atomic E-state index is 10.5. The third kappa shape index (κ3) is 25.8. The largest absolute Gasteiger partial charge is 0.401 e. The summed E-state index contributed by atoms with van der Waals surface area (Å²) in [5, 5.41) is 0. The third-order valence-electron chi connectivity index (χ3n) is 0.155. The summed E-state index contributed by atoms with van der Waals surface area (Å²) in [7, 11) is -2.62. The van der Waals surface area contributed by atoms with Crippen LogP contribution in [0.4, 0.5) is 8.78 Å². The molecule has 0 aliphatic rings. The Morgan fingerprint density at radius 1 is 1.00 bits per heavy atom. The molecule has 0 atom stereocenters. The summed E-state index contributed by atoms with van der Waals surface area (Å²) in [6, 6.07) is -5.09. The average molecular weight is 176 g/mol. The highest BCUT2D eigenvalue weighted by Crippen LogP contribution is 2.11. The molecule has 0 bridgehead atoms. The van der Waals surface area contributed by atoms with Crippen molar-refractivity contribution in [2.75, 3.05) is 0 Å². The molecule has 0 fully saturated rings. The van der Waals surface area contributed by atoms with E-state index in [9.17, 15) is 8.78 Å². The van der Waals surface area contributed by atoms with E-state index < -0.39 is 20.7 Å². The molecule has 60 valence electrons. The van der Waals surface area contributed by atoms with Crippen LogP contribution in [0.3, 0.4) is 0 Å². The number of hydrogen-bond acceptors (Lipinski definition) is 5. The van der Waals surface area contributed by atoms with Crippen molar-refractivity contribution in [3.63, 3.8) is 0 Å². The van der Waals surface area contributed by atoms with E-state index in [2.05, 4.69) is 0 Å². The maximum absolute atomic E-state index is 10.5. The van der Waals surface area contributed by atoms with Gasteiger partial charge in [0, 0.05) is 0 Å². The smallest absolute Gasteiger partial charge is 0.328 e. The van der Waals surface area contributed by atoms with Crippen LogP contribution in [0.5, 0.6) is 0 Å². The second-order valence-electron chi connectivity index (χ2n) is 0.816. The first kappa shape index (κ1) is 12.2. The Kier molecular flexibility index (Phi) is 8.09. The van der Waals surface area contributed by atoms with Gasteiger partial charge in [-0.2, -0.15) is 8.78 Å². The first-order valence-corrected chi connectivity index (χ1v) is 2.84. The molecule has 0 aliphatic heterocycles. The molecule has 0 saturated carbocycles. The van der Waals surface area contributed by atoms with Gasteiger partial charge >= 0.3 is 20.7 Å². The molecule has 3 N–H and O–H groups in total. The van der Waals surface area contributed by atoms with Crippen LogP contribution in [0.15, 0.2) is 0 Å². The molecule has 0 unspecified atom stereocenters. The number of halogens is 2. The highest BCUT2D eigenvalue weighted by Gasteiger charge is 2.07. The molecule has 0 aromatic rings. The summed E-state index contributed by atoms with van der Waals surface area (Å²) in [6.45, 7) is 0. The lowest BCUT2D eigenvalue weighted by atomic mass is 10.8. The summed E-state index contributed by atoms with van der Waals surface area (Å²) in [6.07, 6.45) is 0. The van der Waals surface area contributed by atoms with Gasteiger partial charge in [-0.25, -0.2) is 9.59 Å². The van der Waals surface area contributed by atoms with E-state index in [4.69, 9.17) is 24.3 Å². The molecule has 0 aromatic carbocycles. The molecular formula is C2H3F2O5P. The van der Waals surface area contributed by atoms with Gasteiger partial charge in [-0.15, -0.1) is 0 Å². The normalized spacial score (nSPS) is 8.20. The molecule has 0 radical (unpaired) electrons. The molecule has 0 spiro atoms. The lowest BCUT2D eigenvalue weighted by molar-refractivity contribution is -0.149. The van der Waals surface area contributed by atoms with Crippen LogP contribution >= 0.6 is 8.60 Å². The van der Waals surface area contributed by atoms with Crippen molar-refractivity contribution in [2.24, 2.45) is 0 Å². The topological polar surface area (TPSA) is 94.8 Å². The second-order valence-corrected chi connectivity index (χ2v) is 1.35. The summed E-state index contributed by atoms with van der Waals surface area (Å²) >= 11 is 0. The van der Waals surface area contributed by atoms with Gasteiger partial charge in [-0.05, 0) is 0 Å². The van der Waals surface area contributed by atoms with Gasteiger partial charge in [-0.3, -0.25) is 0 Å². The molecule has 0 aliphatic carbocycles. The minimum Gasteiger partial charge on any atom is -0.328 e. The van der Waals surface area contributed by atoms with Crippen molar-refractivity contribution in [1.82, 2.24) is 0 Å². The van der Waals surface area contributed by atoms with Crippen molar-refractivity contribution in [1.29, 1.82) is 0 Å². The van der Waals surface area contributed by atoms with Gasteiger partial charge in [0.15, 0.2) is 0 Å². The molecule has 0 heterocycles. The summed E-state index contributed by atoms with van der Waals surface area (Å²) in [5.41, 5.74) is 0. The first-order valence-electron chi connectivity index (χ1n) is 1.64. The number of carbonyl (C=O) groups is 2. The zero-order valence-electron chi connectivity index (χ0n) is 4.36. The highest BCUT2D eigenvalue weighted by molar-refractivity contribution is 7.38. The predicted molar refractivity (Wildman–Crippen MR) is 25.8 cm³/mol. The van der Waals surface area contributed by atoms with Crippen LogP contribution in [0, 0.1) is 0 Å². The Labute approximate surface area is 54.9 Å². The van der Waals surface area contributed by atoms with Crippen molar-refractivity contribution in [2.45, 2.75) is 0 Å². The van der Waals surface area contributed by atoms with Gasteiger partial charge in [0.1, 0.15) is 0 Å². The average Bonchev–Trinajstić information content (AvgIpc) is 1.63. The van der Waals surface area contributed by atoms with Gasteiger partial charge < -0.3 is 14.7 Å². The van der Waals surface area contributed by atoms with E-state index in [0.717, 1.165) is 0 Å². The van der Waals surface area contributed by atoms with Crippen LogP contribution in [0.25, 0.3) is 0 Å². The van der Waals surface area contributed by atoms with Crippen molar-refractivity contribution in [3.05, 3.63) is 0 Å². The van der Waals surface area contributed by atoms with Gasteiger partial charge in [0.25, 0.3) is 0 Å². The Bertz CT molecular complexity index is 110. The molecule has 0 saturated heterocycles. The number of rotatable bonds is 1. The molecule has 0 rings (SSSR count). The number of hydrogen-bond donors (Lipinski definition) is 3. The minimum atomic E-state index is -2.62. The van der Waals surface area contributed by atoms with Crippen molar-refractivity contribution >= 4 is 20.7 Å². The van der Waals surface area contributed by atoms with Crippen LogP contribution in [-0.2, 0) is 9.59 Å². The quantitative estimate of drug-likeness (QED) is 0.275. The summed E-state index contributed by atoms with van der Waals surface area (Å²) in [5.74, 6) is 0. The first-order chi connectivity index (χ1) is 4.37. The monoisotopic (exact) mass is 176 g/mol. The van der Waals surface area contributed by atoms with Gasteiger partial charge in [-0.1, -0.05) is 0 Å². The fraction of sp³-hybridized carbons (Fsp3) is 0. The summed E-state index contributed by atoms with van der Waals surface area (Å²) in [4.78, 5) is 39.2. The summed E-state index contributed by atoms with van der Waals surface area (Å²) < 4.78 is 20.9. The fourth-order valence-electron chi connectivity index (χ4n) is 0. The lowest BCUT2D eigenvalue weighted by Crippen LogP contribution is -1.97. The van der Waals surface area contributed by atoms with E-state index in [-0.39, 0.29) is 0 Å². The minimum absolute atomic E-state index is 2.55. The van der Waals surface area contributed by atoms with Crippen LogP contribution in [0.2, 0.25) is 0 Å². The van der Waals surface area contributed by atoms with Crippen LogP contribution in [0.1, 0.15) is 0 Å². The SMILES string of the molecule is O=C(F)C(=O)F.OP(O)O. The van der Waals surface area contributed by atoms with Gasteiger partial charge in [0.05, 0.1) is 0 Å². The Hall–Kier alpha value is -0.490. The highest BCUT2D eigenvalue weighted by atomic mass is 31.2. The van der Waals surface area contributed by atoms with Crippen LogP contribution in [-0.4, -0.2) is 26.8 Å². The van der Waals surface area contributed by atoms with Crippen molar-refractivity contribution < 1.29 is 33.1 Å². The molecule has 0 aromatic heterocycles. The van der Waals surface area contributed by atoms with Crippen LogP contribution < -0.4 is 0 Å². The molecule has 0 amide bonds. The van der Waals surface area contributed by atoms with E-state index in [1.165, 1.54) is 0 Å². The zero-order chi connectivity index (χ0) is 8.73.